The van der Waals surface area contributed by atoms with Crippen molar-refractivity contribution in [3.63, 3.8) is 0 Å². The van der Waals surface area contributed by atoms with Crippen molar-refractivity contribution in [2.75, 3.05) is 0 Å². The Morgan fingerprint density at radius 1 is 1.47 bits per heavy atom. The maximum Gasteiger partial charge on any atom is 0.199 e. The SMILES string of the molecule is CCC(Cl)C(C)c1ccc2nnnn2n1. The summed E-state index contributed by atoms with van der Waals surface area (Å²) in [5.41, 5.74) is 1.56. The first kappa shape index (κ1) is 10.3. The van der Waals surface area contributed by atoms with Crippen molar-refractivity contribution < 1.29 is 0 Å². The molecule has 2 aromatic rings. The van der Waals surface area contributed by atoms with E-state index in [4.69, 9.17) is 11.6 Å². The number of aromatic nitrogens is 5. The van der Waals surface area contributed by atoms with Crippen molar-refractivity contribution in [1.29, 1.82) is 0 Å². The van der Waals surface area contributed by atoms with Crippen LogP contribution in [0.15, 0.2) is 12.1 Å². The Morgan fingerprint density at radius 3 is 3.00 bits per heavy atom. The third-order valence-corrected chi connectivity index (χ3v) is 3.18. The fraction of sp³-hybridized carbons (Fsp3) is 0.556. The van der Waals surface area contributed by atoms with Gasteiger partial charge >= 0.3 is 0 Å². The summed E-state index contributed by atoms with van der Waals surface area (Å²) >= 11 is 6.17. The van der Waals surface area contributed by atoms with Crippen LogP contribution in [0.1, 0.15) is 31.9 Å². The molecule has 2 unspecified atom stereocenters. The summed E-state index contributed by atoms with van der Waals surface area (Å²) in [6, 6.07) is 3.76. The molecule has 0 saturated carbocycles. The molecule has 5 nitrogen and oxygen atoms in total. The van der Waals surface area contributed by atoms with Crippen LogP contribution in [-0.2, 0) is 0 Å². The lowest BCUT2D eigenvalue weighted by Gasteiger charge is -2.14. The largest absolute Gasteiger partial charge is 0.199 e. The maximum absolute atomic E-state index is 6.17. The summed E-state index contributed by atoms with van der Waals surface area (Å²) in [4.78, 5) is 0. The zero-order valence-electron chi connectivity index (χ0n) is 8.63. The van der Waals surface area contributed by atoms with E-state index in [2.05, 4.69) is 34.5 Å². The first-order chi connectivity index (χ1) is 7.22. The van der Waals surface area contributed by atoms with Gasteiger partial charge in [-0.25, -0.2) is 0 Å². The van der Waals surface area contributed by atoms with Crippen LogP contribution in [0.2, 0.25) is 0 Å². The summed E-state index contributed by atoms with van der Waals surface area (Å²) in [5.74, 6) is 0.199. The molecule has 2 rings (SSSR count). The molecule has 2 aromatic heterocycles. The zero-order valence-corrected chi connectivity index (χ0v) is 9.39. The van der Waals surface area contributed by atoms with Crippen LogP contribution in [-0.4, -0.2) is 30.6 Å². The number of fused-ring (bicyclic) bond motifs is 1. The Hall–Kier alpha value is -1.23. The lowest BCUT2D eigenvalue weighted by atomic mass is 10.0. The van der Waals surface area contributed by atoms with Gasteiger partial charge in [-0.3, -0.25) is 0 Å². The Bertz CT molecular complexity index is 454. The van der Waals surface area contributed by atoms with Crippen LogP contribution in [0.4, 0.5) is 0 Å². The third-order valence-electron chi connectivity index (χ3n) is 2.49. The second-order valence-corrected chi connectivity index (χ2v) is 4.06. The van der Waals surface area contributed by atoms with Gasteiger partial charge < -0.3 is 0 Å². The van der Waals surface area contributed by atoms with E-state index in [1.54, 1.807) is 0 Å². The van der Waals surface area contributed by atoms with Crippen molar-refractivity contribution >= 4 is 17.2 Å². The Labute approximate surface area is 92.4 Å². The second-order valence-electron chi connectivity index (χ2n) is 3.50. The molecule has 0 aliphatic carbocycles. The number of nitrogens with zero attached hydrogens (tertiary/aromatic N) is 5. The standard InChI is InChI=1S/C9H12ClN5/c1-3-7(10)6(2)8-4-5-9-11-13-14-15(9)12-8/h4-7H,3H2,1-2H3. The average Bonchev–Trinajstić information content (AvgIpc) is 2.73. The molecule has 2 heterocycles. The minimum absolute atomic E-state index is 0.0893. The van der Waals surface area contributed by atoms with Gasteiger partial charge in [0.2, 0.25) is 0 Å². The smallest absolute Gasteiger partial charge is 0.152 e. The third kappa shape index (κ3) is 1.92. The van der Waals surface area contributed by atoms with E-state index in [9.17, 15) is 0 Å². The number of rotatable bonds is 3. The molecule has 80 valence electrons. The lowest BCUT2D eigenvalue weighted by Crippen LogP contribution is -2.12. The molecule has 0 amide bonds. The molecule has 15 heavy (non-hydrogen) atoms. The molecule has 0 radical (unpaired) electrons. The first-order valence-corrected chi connectivity index (χ1v) is 5.35. The lowest BCUT2D eigenvalue weighted by molar-refractivity contribution is 0.619. The van der Waals surface area contributed by atoms with Crippen LogP contribution >= 0.6 is 11.6 Å². The van der Waals surface area contributed by atoms with Crippen molar-refractivity contribution in [1.82, 2.24) is 25.3 Å². The van der Waals surface area contributed by atoms with E-state index in [0.29, 0.717) is 5.65 Å². The normalized spacial score (nSPS) is 15.4. The Balaban J connectivity index is 2.35. The van der Waals surface area contributed by atoms with E-state index in [0.717, 1.165) is 12.1 Å². The summed E-state index contributed by atoms with van der Waals surface area (Å²) in [7, 11) is 0. The number of hydrogen-bond donors (Lipinski definition) is 0. The zero-order chi connectivity index (χ0) is 10.8. The predicted octanol–water partition coefficient (Wildman–Crippen LogP) is 1.64. The number of halogens is 1. The molecular formula is C9H12ClN5. The quantitative estimate of drug-likeness (QED) is 0.746. The predicted molar refractivity (Wildman–Crippen MR) is 56.9 cm³/mol. The minimum atomic E-state index is 0.0893. The summed E-state index contributed by atoms with van der Waals surface area (Å²) in [5, 5.41) is 15.5. The first-order valence-electron chi connectivity index (χ1n) is 4.91. The molecular weight excluding hydrogens is 214 g/mol. The Morgan fingerprint density at radius 2 is 2.27 bits per heavy atom. The average molecular weight is 226 g/mol. The van der Waals surface area contributed by atoms with Crippen LogP contribution < -0.4 is 0 Å². The topological polar surface area (TPSA) is 56.0 Å². The molecule has 0 fully saturated rings. The maximum atomic E-state index is 6.17. The van der Waals surface area contributed by atoms with Crippen molar-refractivity contribution in [3.8, 4) is 0 Å². The number of hydrogen-bond acceptors (Lipinski definition) is 4. The highest BCUT2D eigenvalue weighted by Crippen LogP contribution is 2.23. The molecule has 6 heteroatoms. The van der Waals surface area contributed by atoms with Gasteiger partial charge in [0.1, 0.15) is 0 Å². The van der Waals surface area contributed by atoms with Crippen LogP contribution in [0.25, 0.3) is 5.65 Å². The molecule has 0 N–H and O–H groups in total. The van der Waals surface area contributed by atoms with Crippen molar-refractivity contribution in [2.45, 2.75) is 31.6 Å². The van der Waals surface area contributed by atoms with Crippen LogP contribution in [0.5, 0.6) is 0 Å². The van der Waals surface area contributed by atoms with Gasteiger partial charge in [0, 0.05) is 11.3 Å². The van der Waals surface area contributed by atoms with Crippen molar-refractivity contribution in [3.05, 3.63) is 17.8 Å². The van der Waals surface area contributed by atoms with Gasteiger partial charge in [-0.15, -0.1) is 21.3 Å². The van der Waals surface area contributed by atoms with E-state index in [1.807, 2.05) is 12.1 Å². The van der Waals surface area contributed by atoms with E-state index < -0.39 is 0 Å². The molecule has 0 spiro atoms. The second kappa shape index (κ2) is 4.10. The molecule has 0 aliphatic rings. The van der Waals surface area contributed by atoms with E-state index in [-0.39, 0.29) is 11.3 Å². The Kier molecular flexibility index (Phi) is 2.81. The molecule has 0 bridgehead atoms. The van der Waals surface area contributed by atoms with Gasteiger partial charge in [-0.05, 0) is 29.0 Å². The van der Waals surface area contributed by atoms with E-state index in [1.165, 1.54) is 4.63 Å². The highest BCUT2D eigenvalue weighted by atomic mass is 35.5. The summed E-state index contributed by atoms with van der Waals surface area (Å²) < 4.78 is 1.42. The molecule has 0 aliphatic heterocycles. The molecule has 2 atom stereocenters. The van der Waals surface area contributed by atoms with Crippen molar-refractivity contribution in [2.24, 2.45) is 0 Å². The van der Waals surface area contributed by atoms with Crippen LogP contribution in [0.3, 0.4) is 0 Å². The van der Waals surface area contributed by atoms with Gasteiger partial charge in [0.25, 0.3) is 0 Å². The molecule has 0 saturated heterocycles. The fourth-order valence-electron chi connectivity index (χ4n) is 1.45. The molecule has 0 aromatic carbocycles. The van der Waals surface area contributed by atoms with Gasteiger partial charge in [-0.2, -0.15) is 5.10 Å². The van der Waals surface area contributed by atoms with Gasteiger partial charge in [0.05, 0.1) is 5.69 Å². The fourth-order valence-corrected chi connectivity index (χ4v) is 1.57. The number of alkyl halides is 1. The minimum Gasteiger partial charge on any atom is -0.152 e. The van der Waals surface area contributed by atoms with Gasteiger partial charge in [0.15, 0.2) is 5.65 Å². The number of tetrazole rings is 1. The highest BCUT2D eigenvalue weighted by Gasteiger charge is 2.16. The highest BCUT2D eigenvalue weighted by molar-refractivity contribution is 6.21. The summed E-state index contributed by atoms with van der Waals surface area (Å²) in [6.07, 6.45) is 0.915. The van der Waals surface area contributed by atoms with E-state index >= 15 is 0 Å². The van der Waals surface area contributed by atoms with Gasteiger partial charge in [-0.1, -0.05) is 13.8 Å². The monoisotopic (exact) mass is 225 g/mol. The summed E-state index contributed by atoms with van der Waals surface area (Å²) in [6.45, 7) is 4.11. The van der Waals surface area contributed by atoms with Crippen LogP contribution in [0, 0.1) is 0 Å².